The summed E-state index contributed by atoms with van der Waals surface area (Å²) >= 11 is 5.18. The Labute approximate surface area is 164 Å². The average molecular weight is 385 g/mol. The Kier molecular flexibility index (Phi) is 7.31. The Morgan fingerprint density at radius 2 is 1.52 bits per heavy atom. The van der Waals surface area contributed by atoms with E-state index in [1.54, 1.807) is 26.1 Å². The average Bonchev–Trinajstić information content (AvgIpc) is 2.63. The Bertz CT molecular complexity index is 802. The molecule has 0 bridgehead atoms. The molecule has 6 nitrogen and oxygen atoms in total. The molecule has 0 aliphatic carbocycles. The number of ether oxygens (including phenoxy) is 1. The van der Waals surface area contributed by atoms with Gasteiger partial charge in [0.1, 0.15) is 5.75 Å². The highest BCUT2D eigenvalue weighted by Crippen LogP contribution is 2.12. The van der Waals surface area contributed by atoms with E-state index in [-0.39, 0.29) is 23.3 Å². The lowest BCUT2D eigenvalue weighted by molar-refractivity contribution is -0.128. The molecule has 2 rings (SSSR count). The van der Waals surface area contributed by atoms with E-state index in [0.29, 0.717) is 6.42 Å². The van der Waals surface area contributed by atoms with Crippen molar-refractivity contribution in [2.24, 2.45) is 0 Å². The van der Waals surface area contributed by atoms with Gasteiger partial charge in [0.25, 0.3) is 0 Å². The smallest absolute Gasteiger partial charge is 0.230 e. The molecule has 0 heterocycles. The van der Waals surface area contributed by atoms with Crippen LogP contribution in [0.4, 0.5) is 5.69 Å². The van der Waals surface area contributed by atoms with Crippen molar-refractivity contribution in [3.8, 4) is 5.75 Å². The molecule has 0 saturated heterocycles. The molecule has 2 aromatic carbocycles. The predicted octanol–water partition coefficient (Wildman–Crippen LogP) is 2.38. The van der Waals surface area contributed by atoms with Crippen molar-refractivity contribution >= 4 is 34.8 Å². The number of nitrogens with zero attached hydrogens (tertiary/aromatic N) is 1. The lowest BCUT2D eigenvalue weighted by Gasteiger charge is -2.12. The van der Waals surface area contributed by atoms with Crippen LogP contribution in [0.5, 0.6) is 5.75 Å². The molecule has 0 radical (unpaired) electrons. The number of carbonyl (C=O) groups is 2. The van der Waals surface area contributed by atoms with Gasteiger partial charge in [-0.05, 0) is 47.6 Å². The summed E-state index contributed by atoms with van der Waals surface area (Å²) in [5, 5.41) is 5.85. The third kappa shape index (κ3) is 6.71. The number of amides is 2. The van der Waals surface area contributed by atoms with Gasteiger partial charge >= 0.3 is 0 Å². The summed E-state index contributed by atoms with van der Waals surface area (Å²) in [6.07, 6.45) is 0.563. The molecule has 2 amide bonds. The fourth-order valence-electron chi connectivity index (χ4n) is 2.30. The molecular formula is C20H23N3O3S. The molecule has 0 spiro atoms. The summed E-state index contributed by atoms with van der Waals surface area (Å²) in [6, 6.07) is 14.6. The summed E-state index contributed by atoms with van der Waals surface area (Å²) < 4.78 is 5.09. The number of rotatable bonds is 6. The summed E-state index contributed by atoms with van der Waals surface area (Å²) in [6.45, 7) is 0. The minimum absolute atomic E-state index is 0.0389. The van der Waals surface area contributed by atoms with Gasteiger partial charge in [0.2, 0.25) is 11.8 Å². The van der Waals surface area contributed by atoms with E-state index in [2.05, 4.69) is 10.6 Å². The molecule has 0 atom stereocenters. The van der Waals surface area contributed by atoms with Crippen LogP contribution in [0.15, 0.2) is 48.5 Å². The minimum Gasteiger partial charge on any atom is -0.497 e. The number of anilines is 1. The van der Waals surface area contributed by atoms with E-state index < -0.39 is 0 Å². The van der Waals surface area contributed by atoms with Gasteiger partial charge in [-0.2, -0.15) is 0 Å². The number of hydrogen-bond donors (Lipinski definition) is 2. The van der Waals surface area contributed by atoms with Crippen molar-refractivity contribution in [2.75, 3.05) is 26.5 Å². The zero-order chi connectivity index (χ0) is 19.8. The summed E-state index contributed by atoms with van der Waals surface area (Å²) in [4.78, 5) is 25.4. The molecule has 142 valence electrons. The second kappa shape index (κ2) is 9.68. The maximum Gasteiger partial charge on any atom is 0.230 e. The van der Waals surface area contributed by atoms with Gasteiger partial charge in [0.15, 0.2) is 5.11 Å². The van der Waals surface area contributed by atoms with E-state index >= 15 is 0 Å². The highest BCUT2D eigenvalue weighted by Gasteiger charge is 2.08. The largest absolute Gasteiger partial charge is 0.497 e. The zero-order valence-corrected chi connectivity index (χ0v) is 16.4. The predicted molar refractivity (Wildman–Crippen MR) is 110 cm³/mol. The van der Waals surface area contributed by atoms with Crippen molar-refractivity contribution in [3.05, 3.63) is 59.7 Å². The number of hydrogen-bond acceptors (Lipinski definition) is 4. The van der Waals surface area contributed by atoms with Crippen LogP contribution in [-0.2, 0) is 22.4 Å². The Balaban J connectivity index is 1.83. The Morgan fingerprint density at radius 1 is 0.963 bits per heavy atom. The first-order valence-electron chi connectivity index (χ1n) is 8.40. The number of benzene rings is 2. The standard InChI is InChI=1S/C20H23N3O3S/c1-23(2)19(25)13-15-4-8-16(9-5-15)21-20(27)22-18(24)12-14-6-10-17(26-3)11-7-14/h4-11H,12-13H2,1-3H3,(H2,21,22,24,27). The zero-order valence-electron chi connectivity index (χ0n) is 15.6. The first kappa shape index (κ1) is 20.4. The van der Waals surface area contributed by atoms with E-state index in [1.165, 1.54) is 0 Å². The lowest BCUT2D eigenvalue weighted by atomic mass is 10.1. The van der Waals surface area contributed by atoms with Crippen LogP contribution in [0, 0.1) is 0 Å². The van der Waals surface area contributed by atoms with Gasteiger partial charge in [-0.1, -0.05) is 24.3 Å². The van der Waals surface area contributed by atoms with E-state index in [4.69, 9.17) is 17.0 Å². The highest BCUT2D eigenvalue weighted by atomic mass is 32.1. The normalized spacial score (nSPS) is 10.0. The van der Waals surface area contributed by atoms with Crippen molar-refractivity contribution in [2.45, 2.75) is 12.8 Å². The summed E-state index contributed by atoms with van der Waals surface area (Å²) in [5.74, 6) is 0.579. The maximum absolute atomic E-state index is 12.1. The Hall–Kier alpha value is -2.93. The first-order valence-corrected chi connectivity index (χ1v) is 8.81. The molecular weight excluding hydrogens is 362 g/mol. The van der Waals surface area contributed by atoms with Crippen LogP contribution in [0.3, 0.4) is 0 Å². The maximum atomic E-state index is 12.1. The molecule has 0 fully saturated rings. The highest BCUT2D eigenvalue weighted by molar-refractivity contribution is 7.80. The van der Waals surface area contributed by atoms with E-state index in [0.717, 1.165) is 22.6 Å². The first-order chi connectivity index (χ1) is 12.9. The molecule has 0 unspecified atom stereocenters. The Morgan fingerprint density at radius 3 is 2.07 bits per heavy atom. The quantitative estimate of drug-likeness (QED) is 0.747. The second-order valence-electron chi connectivity index (χ2n) is 6.19. The third-order valence-electron chi connectivity index (χ3n) is 3.84. The summed E-state index contributed by atoms with van der Waals surface area (Å²) in [5.41, 5.74) is 2.52. The number of nitrogens with one attached hydrogen (secondary N) is 2. The van der Waals surface area contributed by atoms with E-state index in [9.17, 15) is 9.59 Å². The molecule has 2 N–H and O–H groups in total. The molecule has 0 saturated carbocycles. The third-order valence-corrected chi connectivity index (χ3v) is 4.05. The van der Waals surface area contributed by atoms with Gasteiger partial charge in [-0.15, -0.1) is 0 Å². The van der Waals surface area contributed by atoms with Gasteiger partial charge in [-0.3, -0.25) is 9.59 Å². The molecule has 0 aliphatic heterocycles. The topological polar surface area (TPSA) is 70.7 Å². The number of likely N-dealkylation sites (N-methyl/N-ethyl adjacent to an activating group) is 1. The van der Waals surface area contributed by atoms with Gasteiger partial charge < -0.3 is 20.3 Å². The molecule has 27 heavy (non-hydrogen) atoms. The van der Waals surface area contributed by atoms with Crippen molar-refractivity contribution in [3.63, 3.8) is 0 Å². The van der Waals surface area contributed by atoms with Crippen LogP contribution in [0.2, 0.25) is 0 Å². The molecule has 0 aromatic heterocycles. The lowest BCUT2D eigenvalue weighted by Crippen LogP contribution is -2.35. The van der Waals surface area contributed by atoms with Crippen molar-refractivity contribution in [1.29, 1.82) is 0 Å². The van der Waals surface area contributed by atoms with Crippen LogP contribution in [-0.4, -0.2) is 43.0 Å². The number of methoxy groups -OCH3 is 1. The van der Waals surface area contributed by atoms with Gasteiger partial charge in [-0.25, -0.2) is 0 Å². The number of carbonyl (C=O) groups excluding carboxylic acids is 2. The fourth-order valence-corrected chi connectivity index (χ4v) is 2.53. The van der Waals surface area contributed by atoms with Gasteiger partial charge in [0, 0.05) is 19.8 Å². The van der Waals surface area contributed by atoms with Crippen molar-refractivity contribution in [1.82, 2.24) is 10.2 Å². The van der Waals surface area contributed by atoms with E-state index in [1.807, 2.05) is 48.5 Å². The summed E-state index contributed by atoms with van der Waals surface area (Å²) in [7, 11) is 5.05. The molecule has 7 heteroatoms. The SMILES string of the molecule is COc1ccc(CC(=O)NC(=S)Nc2ccc(CC(=O)N(C)C)cc2)cc1. The minimum atomic E-state index is -0.203. The van der Waals surface area contributed by atoms with Gasteiger partial charge in [0.05, 0.1) is 20.0 Å². The fraction of sp³-hybridized carbons (Fsp3) is 0.250. The molecule has 2 aromatic rings. The monoisotopic (exact) mass is 385 g/mol. The van der Waals surface area contributed by atoms with Crippen LogP contribution < -0.4 is 15.4 Å². The van der Waals surface area contributed by atoms with Crippen LogP contribution >= 0.6 is 12.2 Å². The molecule has 0 aliphatic rings. The van der Waals surface area contributed by atoms with Crippen molar-refractivity contribution < 1.29 is 14.3 Å². The van der Waals surface area contributed by atoms with Crippen LogP contribution in [0.1, 0.15) is 11.1 Å². The van der Waals surface area contributed by atoms with Crippen LogP contribution in [0.25, 0.3) is 0 Å². The number of thiocarbonyl (C=S) groups is 1. The second-order valence-corrected chi connectivity index (χ2v) is 6.60.